The number of hydrogen-bond acceptors (Lipinski definition) is 2. The van der Waals surface area contributed by atoms with Gasteiger partial charge in [-0.15, -0.1) is 0 Å². The van der Waals surface area contributed by atoms with Crippen LogP contribution in [0.3, 0.4) is 0 Å². The van der Waals surface area contributed by atoms with Crippen molar-refractivity contribution in [3.05, 3.63) is 118 Å². The fraction of sp³-hybridized carbons (Fsp3) is 0.0714. The highest BCUT2D eigenvalue weighted by molar-refractivity contribution is 6.32. The normalized spacial score (nSPS) is 13.9. The summed E-state index contributed by atoms with van der Waals surface area (Å²) in [5.41, 5.74) is 8.11. The molecule has 142 valence electrons. The zero-order valence-corrected chi connectivity index (χ0v) is 16.3. The molecule has 0 fully saturated rings. The van der Waals surface area contributed by atoms with Crippen molar-refractivity contribution in [3.63, 3.8) is 0 Å². The Bertz CT molecular complexity index is 1240. The van der Waals surface area contributed by atoms with Crippen molar-refractivity contribution in [2.75, 3.05) is 0 Å². The molecule has 5 aliphatic rings. The minimum atomic E-state index is -0.0825. The molecule has 4 aromatic carbocycles. The van der Waals surface area contributed by atoms with E-state index in [9.17, 15) is 9.59 Å². The predicted octanol–water partition coefficient (Wildman–Crippen LogP) is 5.89. The van der Waals surface area contributed by atoms with Crippen LogP contribution >= 0.6 is 0 Å². The van der Waals surface area contributed by atoms with Gasteiger partial charge in [0.25, 0.3) is 0 Å². The first-order valence-corrected chi connectivity index (χ1v) is 10.2. The quantitative estimate of drug-likeness (QED) is 0.332. The first-order chi connectivity index (χ1) is 14.7. The van der Waals surface area contributed by atoms with E-state index in [0.29, 0.717) is 22.3 Å². The largest absolute Gasteiger partial charge is 0.289 e. The average molecular weight is 386 g/mol. The SMILES string of the molecule is O=C1c2cccc3c2C(=O)c2c1cccc2-c1ccc(cc1)CCc1ccc-3cc1. The van der Waals surface area contributed by atoms with Gasteiger partial charge in [-0.05, 0) is 46.2 Å². The number of rotatable bonds is 0. The van der Waals surface area contributed by atoms with Crippen molar-refractivity contribution < 1.29 is 9.59 Å². The highest BCUT2D eigenvalue weighted by Crippen LogP contribution is 2.38. The summed E-state index contributed by atoms with van der Waals surface area (Å²) in [7, 11) is 0. The molecular formula is C28H18O2. The lowest BCUT2D eigenvalue weighted by Crippen LogP contribution is -2.22. The van der Waals surface area contributed by atoms with Crippen LogP contribution in [-0.2, 0) is 12.8 Å². The predicted molar refractivity (Wildman–Crippen MR) is 118 cm³/mol. The van der Waals surface area contributed by atoms with Crippen LogP contribution in [0.15, 0.2) is 84.9 Å². The molecule has 0 saturated carbocycles. The zero-order valence-electron chi connectivity index (χ0n) is 16.3. The van der Waals surface area contributed by atoms with Crippen LogP contribution in [0, 0.1) is 0 Å². The Morgan fingerprint density at radius 2 is 0.833 bits per heavy atom. The Morgan fingerprint density at radius 1 is 0.433 bits per heavy atom. The molecule has 0 atom stereocenters. The minimum Gasteiger partial charge on any atom is -0.289 e. The van der Waals surface area contributed by atoms with Gasteiger partial charge in [-0.1, -0.05) is 84.9 Å². The van der Waals surface area contributed by atoms with Gasteiger partial charge in [0, 0.05) is 22.3 Å². The zero-order chi connectivity index (χ0) is 20.2. The molecule has 9 rings (SSSR count). The maximum atomic E-state index is 13.8. The first kappa shape index (κ1) is 17.1. The summed E-state index contributed by atoms with van der Waals surface area (Å²) in [5.74, 6) is -0.158. The number of carbonyl (C=O) groups is 2. The lowest BCUT2D eigenvalue weighted by molar-refractivity contribution is 0.0980. The molecule has 2 nitrogen and oxygen atoms in total. The van der Waals surface area contributed by atoms with E-state index in [0.717, 1.165) is 35.1 Å². The standard InChI is InChI=1S/C28H18O2/c29-27-23-5-1-3-21-19-13-9-17(10-14-19)7-8-18-11-15-20(16-12-18)22-4-2-6-24(27)26(22)28(30)25(21)23/h1-6,9-16H,7-8H2. The van der Waals surface area contributed by atoms with Crippen LogP contribution in [0.4, 0.5) is 0 Å². The Morgan fingerprint density at radius 3 is 1.27 bits per heavy atom. The van der Waals surface area contributed by atoms with E-state index in [1.165, 1.54) is 11.1 Å². The maximum absolute atomic E-state index is 13.8. The maximum Gasteiger partial charge on any atom is 0.195 e. The van der Waals surface area contributed by atoms with E-state index in [1.807, 2.05) is 24.3 Å². The van der Waals surface area contributed by atoms with Gasteiger partial charge in [0.15, 0.2) is 11.6 Å². The van der Waals surface area contributed by atoms with Gasteiger partial charge in [-0.2, -0.15) is 0 Å². The molecule has 0 N–H and O–H groups in total. The highest BCUT2D eigenvalue weighted by atomic mass is 16.1. The van der Waals surface area contributed by atoms with Crippen LogP contribution < -0.4 is 0 Å². The number of carbonyl (C=O) groups excluding carboxylic acids is 2. The van der Waals surface area contributed by atoms with Crippen molar-refractivity contribution >= 4 is 11.6 Å². The molecule has 0 amide bonds. The molecule has 4 aromatic rings. The Balaban J connectivity index is 1.71. The van der Waals surface area contributed by atoms with E-state index in [4.69, 9.17) is 0 Å². The molecule has 30 heavy (non-hydrogen) atoms. The summed E-state index contributed by atoms with van der Waals surface area (Å²) in [6.45, 7) is 0. The molecule has 5 aliphatic carbocycles. The molecule has 0 saturated heterocycles. The Labute approximate surface area is 174 Å². The van der Waals surface area contributed by atoms with Gasteiger partial charge < -0.3 is 0 Å². The van der Waals surface area contributed by atoms with E-state index >= 15 is 0 Å². The van der Waals surface area contributed by atoms with Gasteiger partial charge in [-0.3, -0.25) is 9.59 Å². The topological polar surface area (TPSA) is 34.1 Å². The summed E-state index contributed by atoms with van der Waals surface area (Å²) in [6.07, 6.45) is 1.93. The summed E-state index contributed by atoms with van der Waals surface area (Å²) >= 11 is 0. The molecular weight excluding hydrogens is 368 g/mol. The monoisotopic (exact) mass is 386 g/mol. The lowest BCUT2D eigenvalue weighted by Gasteiger charge is -2.22. The molecule has 6 bridgehead atoms. The van der Waals surface area contributed by atoms with Crippen LogP contribution in [-0.4, -0.2) is 11.6 Å². The fourth-order valence-electron chi connectivity index (χ4n) is 4.71. The number of aryl methyl sites for hydroxylation is 2. The van der Waals surface area contributed by atoms with Crippen LogP contribution in [0.1, 0.15) is 43.0 Å². The summed E-state index contributed by atoms with van der Waals surface area (Å²) < 4.78 is 0. The molecule has 0 radical (unpaired) electrons. The van der Waals surface area contributed by atoms with Crippen LogP contribution in [0.2, 0.25) is 0 Å². The second-order valence-corrected chi connectivity index (χ2v) is 8.01. The van der Waals surface area contributed by atoms with Crippen molar-refractivity contribution in [3.8, 4) is 22.3 Å². The Hall–Kier alpha value is -3.78. The van der Waals surface area contributed by atoms with Crippen molar-refractivity contribution in [2.24, 2.45) is 0 Å². The highest BCUT2D eigenvalue weighted by Gasteiger charge is 2.33. The van der Waals surface area contributed by atoms with E-state index in [2.05, 4.69) is 48.5 Å². The van der Waals surface area contributed by atoms with Gasteiger partial charge in [0.05, 0.1) is 0 Å². The van der Waals surface area contributed by atoms with Gasteiger partial charge in [-0.25, -0.2) is 0 Å². The van der Waals surface area contributed by atoms with Crippen molar-refractivity contribution in [2.45, 2.75) is 12.8 Å². The molecule has 0 unspecified atom stereocenters. The Kier molecular flexibility index (Phi) is 3.63. The molecule has 0 aliphatic heterocycles. The summed E-state index contributed by atoms with van der Waals surface area (Å²) in [6, 6.07) is 27.9. The van der Waals surface area contributed by atoms with Crippen molar-refractivity contribution in [1.29, 1.82) is 0 Å². The van der Waals surface area contributed by atoms with E-state index < -0.39 is 0 Å². The molecule has 0 aromatic heterocycles. The fourth-order valence-corrected chi connectivity index (χ4v) is 4.71. The number of ketones is 2. The average Bonchev–Trinajstić information content (AvgIpc) is 2.81. The summed E-state index contributed by atoms with van der Waals surface area (Å²) in [5, 5.41) is 0. The van der Waals surface area contributed by atoms with Gasteiger partial charge in [0.1, 0.15) is 0 Å². The van der Waals surface area contributed by atoms with Crippen LogP contribution in [0.25, 0.3) is 22.3 Å². The van der Waals surface area contributed by atoms with E-state index in [1.54, 1.807) is 12.1 Å². The van der Waals surface area contributed by atoms with Crippen LogP contribution in [0.5, 0.6) is 0 Å². The van der Waals surface area contributed by atoms with Crippen molar-refractivity contribution in [1.82, 2.24) is 0 Å². The lowest BCUT2D eigenvalue weighted by atomic mass is 9.78. The third-order valence-corrected chi connectivity index (χ3v) is 6.30. The summed E-state index contributed by atoms with van der Waals surface area (Å²) in [4.78, 5) is 27.2. The third kappa shape index (κ3) is 2.44. The van der Waals surface area contributed by atoms with E-state index in [-0.39, 0.29) is 11.6 Å². The van der Waals surface area contributed by atoms with Gasteiger partial charge in [0.2, 0.25) is 0 Å². The second kappa shape index (κ2) is 6.36. The molecule has 2 heteroatoms. The second-order valence-electron chi connectivity index (χ2n) is 8.01. The molecule has 0 spiro atoms. The number of hydrogen-bond donors (Lipinski definition) is 0. The molecule has 0 heterocycles. The minimum absolute atomic E-state index is 0.0752. The number of benzene rings is 4. The smallest absolute Gasteiger partial charge is 0.195 e. The first-order valence-electron chi connectivity index (χ1n) is 10.2. The third-order valence-electron chi connectivity index (χ3n) is 6.30. The van der Waals surface area contributed by atoms with Gasteiger partial charge >= 0.3 is 0 Å².